The number of benzene rings is 1. The number of halogens is 3. The number of ether oxygens (including phenoxy) is 2. The van der Waals surface area contributed by atoms with Crippen LogP contribution >= 0.6 is 11.6 Å². The van der Waals surface area contributed by atoms with E-state index in [0.29, 0.717) is 0 Å². The lowest BCUT2D eigenvalue weighted by Gasteiger charge is -2.13. The minimum Gasteiger partial charge on any atom is -0.490 e. The molecular weight excluding hydrogens is 346 g/mol. The van der Waals surface area contributed by atoms with E-state index in [2.05, 4.69) is 25.5 Å². The van der Waals surface area contributed by atoms with E-state index in [1.807, 2.05) is 0 Å². The minimum atomic E-state index is -3.02. The summed E-state index contributed by atoms with van der Waals surface area (Å²) in [5.74, 6) is 0.0210. The van der Waals surface area contributed by atoms with Crippen LogP contribution in [0.15, 0.2) is 34.3 Å². The van der Waals surface area contributed by atoms with Crippen LogP contribution in [0.1, 0.15) is 12.5 Å². The first-order valence-electron chi connectivity index (χ1n) is 6.75. The normalized spacial score (nSPS) is 11.0. The third kappa shape index (κ3) is 4.42. The average molecular weight is 359 g/mol. The molecule has 7 nitrogen and oxygen atoms in total. The molecule has 0 fully saturated rings. The number of aromatic amines is 1. The van der Waals surface area contributed by atoms with E-state index in [4.69, 9.17) is 16.3 Å². The van der Waals surface area contributed by atoms with Gasteiger partial charge < -0.3 is 9.47 Å². The molecule has 2 aromatic rings. The number of para-hydroxylation sites is 1. The SMILES string of the molecule is CCOc1cccc(/C=N\Nc2cn[nH]c(=O)c2Cl)c1OC(F)F. The van der Waals surface area contributed by atoms with Gasteiger partial charge in [-0.2, -0.15) is 19.0 Å². The largest absolute Gasteiger partial charge is 0.490 e. The summed E-state index contributed by atoms with van der Waals surface area (Å²) in [7, 11) is 0. The molecule has 2 rings (SSSR count). The maximum atomic E-state index is 12.6. The molecule has 0 radical (unpaired) electrons. The number of anilines is 1. The van der Waals surface area contributed by atoms with Crippen LogP contribution < -0.4 is 20.5 Å². The van der Waals surface area contributed by atoms with Gasteiger partial charge in [0.1, 0.15) is 10.7 Å². The first kappa shape index (κ1) is 17.7. The van der Waals surface area contributed by atoms with Gasteiger partial charge in [-0.1, -0.05) is 17.7 Å². The Balaban J connectivity index is 2.26. The molecule has 0 saturated heterocycles. The lowest BCUT2D eigenvalue weighted by molar-refractivity contribution is -0.0515. The van der Waals surface area contributed by atoms with Gasteiger partial charge in [-0.15, -0.1) is 0 Å². The van der Waals surface area contributed by atoms with Crippen LogP contribution in [0, 0.1) is 0 Å². The van der Waals surface area contributed by atoms with Gasteiger partial charge in [-0.25, -0.2) is 5.10 Å². The summed E-state index contributed by atoms with van der Waals surface area (Å²) in [6.45, 7) is -1.01. The van der Waals surface area contributed by atoms with Gasteiger partial charge in [-0.05, 0) is 19.1 Å². The topological polar surface area (TPSA) is 88.6 Å². The zero-order valence-electron chi connectivity index (χ0n) is 12.4. The Morgan fingerprint density at radius 1 is 1.50 bits per heavy atom. The standard InChI is InChI=1S/C14H13ClF2N4O3/c1-2-23-10-5-3-4-8(12(10)24-14(16)17)6-18-20-9-7-19-21-13(22)11(9)15/h3-7,14H,2H2,1H3,(H2,20,21,22)/b18-6-. The van der Waals surface area contributed by atoms with Gasteiger partial charge >= 0.3 is 6.61 Å². The van der Waals surface area contributed by atoms with E-state index in [1.165, 1.54) is 24.5 Å². The molecule has 10 heteroatoms. The Morgan fingerprint density at radius 2 is 2.29 bits per heavy atom. The highest BCUT2D eigenvalue weighted by atomic mass is 35.5. The molecule has 0 atom stereocenters. The Morgan fingerprint density at radius 3 is 3.00 bits per heavy atom. The van der Waals surface area contributed by atoms with Crippen LogP contribution in [0.3, 0.4) is 0 Å². The third-order valence-corrected chi connectivity index (χ3v) is 3.08. The summed E-state index contributed by atoms with van der Waals surface area (Å²) < 4.78 is 35.0. The van der Waals surface area contributed by atoms with Crippen molar-refractivity contribution in [3.63, 3.8) is 0 Å². The molecule has 0 aliphatic rings. The van der Waals surface area contributed by atoms with Crippen LogP contribution in [0.4, 0.5) is 14.5 Å². The van der Waals surface area contributed by atoms with Crippen molar-refractivity contribution in [1.29, 1.82) is 0 Å². The number of nitrogens with one attached hydrogen (secondary N) is 2. The van der Waals surface area contributed by atoms with Crippen LogP contribution in [-0.4, -0.2) is 29.6 Å². The number of H-pyrrole nitrogens is 1. The first-order chi connectivity index (χ1) is 11.5. The Hall–Kier alpha value is -2.68. The van der Waals surface area contributed by atoms with Gasteiger partial charge in [0.2, 0.25) is 0 Å². The van der Waals surface area contributed by atoms with Gasteiger partial charge in [0.25, 0.3) is 5.56 Å². The fourth-order valence-corrected chi connectivity index (χ4v) is 1.88. The molecule has 1 aromatic carbocycles. The van der Waals surface area contributed by atoms with Crippen molar-refractivity contribution in [1.82, 2.24) is 10.2 Å². The predicted octanol–water partition coefficient (Wildman–Crippen LogP) is 2.87. The van der Waals surface area contributed by atoms with Crippen LogP contribution in [0.5, 0.6) is 11.5 Å². The zero-order chi connectivity index (χ0) is 17.5. The van der Waals surface area contributed by atoms with Gasteiger partial charge in [0.05, 0.1) is 19.0 Å². The molecule has 1 heterocycles. The summed E-state index contributed by atoms with van der Waals surface area (Å²) in [4.78, 5) is 11.3. The number of nitrogens with zero attached hydrogens (tertiary/aromatic N) is 2. The van der Waals surface area contributed by atoms with Gasteiger partial charge in [0, 0.05) is 5.56 Å². The highest BCUT2D eigenvalue weighted by molar-refractivity contribution is 6.32. The molecule has 128 valence electrons. The number of hydrogen-bond donors (Lipinski definition) is 2. The molecule has 0 aliphatic heterocycles. The van der Waals surface area contributed by atoms with E-state index < -0.39 is 12.2 Å². The molecule has 0 bridgehead atoms. The van der Waals surface area contributed by atoms with Crippen molar-refractivity contribution in [2.24, 2.45) is 5.10 Å². The van der Waals surface area contributed by atoms with Crippen molar-refractivity contribution in [2.45, 2.75) is 13.5 Å². The molecule has 0 saturated carbocycles. The molecular formula is C14H13ClF2N4O3. The fraction of sp³-hybridized carbons (Fsp3) is 0.214. The quantitative estimate of drug-likeness (QED) is 0.587. The summed E-state index contributed by atoms with van der Waals surface area (Å²) in [5, 5.41) is 9.43. The first-order valence-corrected chi connectivity index (χ1v) is 7.13. The Bertz CT molecular complexity index is 783. The number of alkyl halides is 2. The zero-order valence-corrected chi connectivity index (χ0v) is 13.2. The molecule has 2 N–H and O–H groups in total. The number of hydrazone groups is 1. The van der Waals surface area contributed by atoms with Crippen molar-refractivity contribution in [2.75, 3.05) is 12.0 Å². The molecule has 0 spiro atoms. The van der Waals surface area contributed by atoms with E-state index in [1.54, 1.807) is 13.0 Å². The van der Waals surface area contributed by atoms with E-state index >= 15 is 0 Å². The predicted molar refractivity (Wildman–Crippen MR) is 85.3 cm³/mol. The molecule has 24 heavy (non-hydrogen) atoms. The summed E-state index contributed by atoms with van der Waals surface area (Å²) in [6, 6.07) is 4.62. The van der Waals surface area contributed by atoms with E-state index in [0.717, 1.165) is 0 Å². The van der Waals surface area contributed by atoms with E-state index in [9.17, 15) is 13.6 Å². The highest BCUT2D eigenvalue weighted by Gasteiger charge is 2.14. The lowest BCUT2D eigenvalue weighted by Crippen LogP contribution is -2.10. The second-order valence-electron chi connectivity index (χ2n) is 4.28. The minimum absolute atomic E-state index is 0.130. The number of hydrogen-bond acceptors (Lipinski definition) is 6. The van der Waals surface area contributed by atoms with Crippen LogP contribution in [0.25, 0.3) is 0 Å². The summed E-state index contributed by atoms with van der Waals surface area (Å²) in [6.07, 6.45) is 2.49. The number of rotatable bonds is 7. The monoisotopic (exact) mass is 358 g/mol. The van der Waals surface area contributed by atoms with Crippen molar-refractivity contribution < 1.29 is 18.3 Å². The lowest BCUT2D eigenvalue weighted by atomic mass is 10.2. The fourth-order valence-electron chi connectivity index (χ4n) is 1.75. The summed E-state index contributed by atoms with van der Waals surface area (Å²) in [5.41, 5.74) is 2.33. The Kier molecular flexibility index (Phi) is 6.07. The second kappa shape index (κ2) is 8.25. The summed E-state index contributed by atoms with van der Waals surface area (Å²) >= 11 is 5.78. The highest BCUT2D eigenvalue weighted by Crippen LogP contribution is 2.31. The molecule has 0 amide bonds. The number of aromatic nitrogens is 2. The third-order valence-electron chi connectivity index (χ3n) is 2.70. The Labute approximate surface area is 140 Å². The average Bonchev–Trinajstić information content (AvgIpc) is 2.54. The molecule has 0 unspecified atom stereocenters. The van der Waals surface area contributed by atoms with Crippen molar-refractivity contribution >= 4 is 23.5 Å². The van der Waals surface area contributed by atoms with Crippen molar-refractivity contribution in [3.8, 4) is 11.5 Å². The van der Waals surface area contributed by atoms with Gasteiger partial charge in [-0.3, -0.25) is 10.2 Å². The smallest absolute Gasteiger partial charge is 0.387 e. The second-order valence-corrected chi connectivity index (χ2v) is 4.66. The molecule has 1 aromatic heterocycles. The maximum Gasteiger partial charge on any atom is 0.387 e. The van der Waals surface area contributed by atoms with Crippen LogP contribution in [0.2, 0.25) is 5.02 Å². The van der Waals surface area contributed by atoms with E-state index in [-0.39, 0.29) is 34.4 Å². The molecule has 0 aliphatic carbocycles. The van der Waals surface area contributed by atoms with Crippen molar-refractivity contribution in [3.05, 3.63) is 45.3 Å². The maximum absolute atomic E-state index is 12.6. The van der Waals surface area contributed by atoms with Crippen LogP contribution in [-0.2, 0) is 0 Å². The van der Waals surface area contributed by atoms with Gasteiger partial charge in [0.15, 0.2) is 11.5 Å².